The van der Waals surface area contributed by atoms with E-state index in [4.69, 9.17) is 0 Å². The van der Waals surface area contributed by atoms with E-state index in [0.29, 0.717) is 12.6 Å². The normalized spacial score (nSPS) is 11.3. The molecule has 0 saturated carbocycles. The summed E-state index contributed by atoms with van der Waals surface area (Å²) in [7, 11) is 0. The summed E-state index contributed by atoms with van der Waals surface area (Å²) >= 11 is 2.29. The Bertz CT molecular complexity index is 733. The highest BCUT2D eigenvalue weighted by Gasteiger charge is 2.33. The Labute approximate surface area is 143 Å². The first-order valence-electron chi connectivity index (χ1n) is 6.55. The molecule has 0 unspecified atom stereocenters. The zero-order valence-electron chi connectivity index (χ0n) is 12.0. The summed E-state index contributed by atoms with van der Waals surface area (Å²) in [6.07, 6.45) is -4.66. The highest BCUT2D eigenvalue weighted by molar-refractivity contribution is 8.00. The third-order valence-corrected chi connectivity index (χ3v) is 4.82. The van der Waals surface area contributed by atoms with E-state index in [9.17, 15) is 28.1 Å². The topological polar surface area (TPSA) is 72.2 Å². The molecule has 2 rings (SSSR count). The van der Waals surface area contributed by atoms with E-state index in [-0.39, 0.29) is 16.6 Å². The average Bonchev–Trinajstić information content (AvgIpc) is 3.03. The number of hydrogen-bond acceptors (Lipinski definition) is 5. The van der Waals surface area contributed by atoms with Crippen LogP contribution >= 0.6 is 23.1 Å². The number of carbonyl (C=O) groups excluding carboxylic acids is 1. The Kier molecular flexibility index (Phi) is 5.84. The van der Waals surface area contributed by atoms with Crippen molar-refractivity contribution in [3.05, 3.63) is 56.3 Å². The number of nitrogens with zero attached hydrogens (tertiary/aromatic N) is 1. The first-order valence-corrected chi connectivity index (χ1v) is 8.41. The Morgan fingerprint density at radius 2 is 2.08 bits per heavy atom. The molecule has 1 N–H and O–H groups in total. The minimum absolute atomic E-state index is 0.0132. The number of rotatable bonds is 6. The van der Waals surface area contributed by atoms with Crippen LogP contribution in [0.25, 0.3) is 0 Å². The third kappa shape index (κ3) is 4.96. The maximum absolute atomic E-state index is 12.6. The number of nitrogens with one attached hydrogen (secondary N) is 1. The second-order valence-electron chi connectivity index (χ2n) is 4.58. The van der Waals surface area contributed by atoms with Gasteiger partial charge in [0, 0.05) is 10.9 Å². The molecule has 1 amide bonds. The highest BCUT2D eigenvalue weighted by Crippen LogP contribution is 2.36. The van der Waals surface area contributed by atoms with Gasteiger partial charge in [-0.3, -0.25) is 14.9 Å². The molecule has 5 nitrogen and oxygen atoms in total. The van der Waals surface area contributed by atoms with Gasteiger partial charge in [0.15, 0.2) is 0 Å². The number of hydrogen-bond donors (Lipinski definition) is 1. The largest absolute Gasteiger partial charge is 0.416 e. The molecule has 0 aliphatic rings. The highest BCUT2D eigenvalue weighted by atomic mass is 32.2. The van der Waals surface area contributed by atoms with Crippen LogP contribution in [0.15, 0.2) is 40.6 Å². The zero-order chi connectivity index (χ0) is 17.7. The lowest BCUT2D eigenvalue weighted by Crippen LogP contribution is -2.24. The van der Waals surface area contributed by atoms with Gasteiger partial charge in [-0.1, -0.05) is 6.07 Å². The maximum Gasteiger partial charge on any atom is 0.416 e. The molecule has 0 radical (unpaired) electrons. The third-order valence-electron chi connectivity index (χ3n) is 2.88. The number of amides is 1. The maximum atomic E-state index is 12.6. The van der Waals surface area contributed by atoms with Crippen LogP contribution in [0.4, 0.5) is 18.9 Å². The fourth-order valence-corrected chi connectivity index (χ4v) is 3.23. The number of benzene rings is 1. The molecule has 0 aliphatic heterocycles. The SMILES string of the molecule is O=C(CSc1ccc(C(F)(F)F)cc1[N+](=O)[O-])NCc1cccs1. The van der Waals surface area contributed by atoms with Crippen LogP contribution in [0.5, 0.6) is 0 Å². The molecule has 0 aliphatic carbocycles. The Hall–Kier alpha value is -2.07. The monoisotopic (exact) mass is 376 g/mol. The lowest BCUT2D eigenvalue weighted by Gasteiger charge is -2.08. The number of nitro groups is 1. The molecular formula is C14H11F3N2O3S2. The molecule has 0 spiro atoms. The molecular weight excluding hydrogens is 365 g/mol. The second kappa shape index (κ2) is 7.67. The minimum Gasteiger partial charge on any atom is -0.350 e. The summed E-state index contributed by atoms with van der Waals surface area (Å²) < 4.78 is 37.9. The predicted molar refractivity (Wildman–Crippen MR) is 85.0 cm³/mol. The van der Waals surface area contributed by atoms with E-state index in [2.05, 4.69) is 5.32 Å². The van der Waals surface area contributed by atoms with Gasteiger partial charge in [-0.25, -0.2) is 0 Å². The van der Waals surface area contributed by atoms with Gasteiger partial charge in [0.1, 0.15) is 0 Å². The standard InChI is InChI=1S/C14H11F3N2O3S2/c15-14(16,17)9-3-4-12(11(6-9)19(21)22)24-8-13(20)18-7-10-2-1-5-23-10/h1-6H,7-8H2,(H,18,20). The molecule has 2 aromatic rings. The van der Waals surface area contributed by atoms with Gasteiger partial charge >= 0.3 is 6.18 Å². The van der Waals surface area contributed by atoms with Crippen molar-refractivity contribution in [3.8, 4) is 0 Å². The lowest BCUT2D eigenvalue weighted by atomic mass is 10.2. The Morgan fingerprint density at radius 3 is 2.67 bits per heavy atom. The van der Waals surface area contributed by atoms with E-state index < -0.39 is 22.4 Å². The molecule has 0 saturated heterocycles. The van der Waals surface area contributed by atoms with Crippen molar-refractivity contribution in [2.45, 2.75) is 17.6 Å². The van der Waals surface area contributed by atoms with Crippen molar-refractivity contribution in [2.75, 3.05) is 5.75 Å². The summed E-state index contributed by atoms with van der Waals surface area (Å²) in [5, 5.41) is 15.5. The van der Waals surface area contributed by atoms with Gasteiger partial charge < -0.3 is 5.32 Å². The molecule has 128 valence electrons. The number of thioether (sulfide) groups is 1. The molecule has 0 bridgehead atoms. The number of nitro benzene ring substituents is 1. The Balaban J connectivity index is 2.01. The van der Waals surface area contributed by atoms with Gasteiger partial charge in [-0.15, -0.1) is 23.1 Å². The molecule has 10 heteroatoms. The van der Waals surface area contributed by atoms with Crippen molar-refractivity contribution < 1.29 is 22.9 Å². The van der Waals surface area contributed by atoms with E-state index in [0.717, 1.165) is 28.8 Å². The van der Waals surface area contributed by atoms with Crippen molar-refractivity contribution in [3.63, 3.8) is 0 Å². The predicted octanol–water partition coefficient (Wildman–Crippen LogP) is 4.08. The van der Waals surface area contributed by atoms with Gasteiger partial charge in [-0.05, 0) is 23.6 Å². The van der Waals surface area contributed by atoms with Crippen LogP contribution in [-0.4, -0.2) is 16.6 Å². The van der Waals surface area contributed by atoms with Gasteiger partial charge in [0.2, 0.25) is 5.91 Å². The number of carbonyl (C=O) groups is 1. The van der Waals surface area contributed by atoms with Crippen LogP contribution in [0.2, 0.25) is 0 Å². The fourth-order valence-electron chi connectivity index (χ4n) is 1.75. The molecule has 0 fully saturated rings. The number of alkyl halides is 3. The van der Waals surface area contributed by atoms with Crippen LogP contribution in [-0.2, 0) is 17.5 Å². The van der Waals surface area contributed by atoms with Crippen LogP contribution in [0.3, 0.4) is 0 Å². The quantitative estimate of drug-likeness (QED) is 0.468. The summed E-state index contributed by atoms with van der Waals surface area (Å²) in [5.74, 6) is -0.486. The van der Waals surface area contributed by atoms with Crippen LogP contribution < -0.4 is 5.32 Å². The van der Waals surface area contributed by atoms with Crippen molar-refractivity contribution >= 4 is 34.7 Å². The van der Waals surface area contributed by atoms with E-state index >= 15 is 0 Å². The van der Waals surface area contributed by atoms with Crippen LogP contribution in [0, 0.1) is 10.1 Å². The number of thiophene rings is 1. The molecule has 1 aromatic heterocycles. The Morgan fingerprint density at radius 1 is 1.33 bits per heavy atom. The molecule has 1 aromatic carbocycles. The van der Waals surface area contributed by atoms with E-state index in [1.165, 1.54) is 11.3 Å². The lowest BCUT2D eigenvalue weighted by molar-refractivity contribution is -0.388. The van der Waals surface area contributed by atoms with Crippen molar-refractivity contribution in [2.24, 2.45) is 0 Å². The minimum atomic E-state index is -4.66. The van der Waals surface area contributed by atoms with Crippen molar-refractivity contribution in [1.82, 2.24) is 5.32 Å². The average molecular weight is 376 g/mol. The summed E-state index contributed by atoms with van der Waals surface area (Å²) in [6, 6.07) is 5.94. The first-order chi connectivity index (χ1) is 11.3. The summed E-state index contributed by atoms with van der Waals surface area (Å²) in [4.78, 5) is 22.8. The number of halogens is 3. The van der Waals surface area contributed by atoms with Gasteiger partial charge in [0.25, 0.3) is 5.69 Å². The van der Waals surface area contributed by atoms with Gasteiger partial charge in [-0.2, -0.15) is 13.2 Å². The van der Waals surface area contributed by atoms with E-state index in [1.807, 2.05) is 17.5 Å². The van der Waals surface area contributed by atoms with E-state index in [1.54, 1.807) is 0 Å². The summed E-state index contributed by atoms with van der Waals surface area (Å²) in [5.41, 5.74) is -1.76. The summed E-state index contributed by atoms with van der Waals surface area (Å²) in [6.45, 7) is 0.339. The van der Waals surface area contributed by atoms with Crippen LogP contribution in [0.1, 0.15) is 10.4 Å². The molecule has 24 heavy (non-hydrogen) atoms. The van der Waals surface area contributed by atoms with Crippen molar-refractivity contribution in [1.29, 1.82) is 0 Å². The molecule has 0 atom stereocenters. The first kappa shape index (κ1) is 18.3. The fraction of sp³-hybridized carbons (Fsp3) is 0.214. The smallest absolute Gasteiger partial charge is 0.350 e. The molecule has 1 heterocycles. The second-order valence-corrected chi connectivity index (χ2v) is 6.63. The zero-order valence-corrected chi connectivity index (χ0v) is 13.6. The van der Waals surface area contributed by atoms with Gasteiger partial charge in [0.05, 0.1) is 27.7 Å².